The molecule has 1 aromatic carbocycles. The Kier molecular flexibility index (Phi) is 3.88. The fraction of sp³-hybridized carbons (Fsp3) is 0.611. The number of likely N-dealkylation sites (tertiary alicyclic amines) is 1. The maximum atomic E-state index is 12.2. The highest BCUT2D eigenvalue weighted by atomic mass is 35.5. The SMILES string of the molecule is CC(C)(C)OC(=O)N1CCC2(CCc3cc(Cl)ccc32)CC1. The van der Waals surface area contributed by atoms with Gasteiger partial charge in [-0.3, -0.25) is 0 Å². The van der Waals surface area contributed by atoms with Gasteiger partial charge in [-0.25, -0.2) is 4.79 Å². The van der Waals surface area contributed by atoms with Crippen molar-refractivity contribution in [2.45, 2.75) is 57.5 Å². The van der Waals surface area contributed by atoms with Crippen LogP contribution in [0.15, 0.2) is 18.2 Å². The van der Waals surface area contributed by atoms with Gasteiger partial charge in [-0.1, -0.05) is 17.7 Å². The summed E-state index contributed by atoms with van der Waals surface area (Å²) in [7, 11) is 0. The molecule has 3 rings (SSSR count). The number of halogens is 1. The summed E-state index contributed by atoms with van der Waals surface area (Å²) >= 11 is 6.11. The van der Waals surface area contributed by atoms with Gasteiger partial charge >= 0.3 is 6.09 Å². The number of nitrogens with zero attached hydrogens (tertiary/aromatic N) is 1. The second kappa shape index (κ2) is 5.45. The third-order valence-electron chi connectivity index (χ3n) is 4.88. The minimum Gasteiger partial charge on any atom is -0.444 e. The molecule has 0 radical (unpaired) electrons. The highest BCUT2D eigenvalue weighted by Crippen LogP contribution is 2.46. The van der Waals surface area contributed by atoms with Gasteiger partial charge in [-0.05, 0) is 75.1 Å². The summed E-state index contributed by atoms with van der Waals surface area (Å²) in [5.41, 5.74) is 2.64. The summed E-state index contributed by atoms with van der Waals surface area (Å²) in [4.78, 5) is 14.0. The number of carbonyl (C=O) groups excluding carboxylic acids is 1. The van der Waals surface area contributed by atoms with Crippen LogP contribution in [0.5, 0.6) is 0 Å². The van der Waals surface area contributed by atoms with E-state index in [1.807, 2.05) is 31.7 Å². The van der Waals surface area contributed by atoms with E-state index in [1.54, 1.807) is 0 Å². The van der Waals surface area contributed by atoms with Crippen LogP contribution >= 0.6 is 11.6 Å². The van der Waals surface area contributed by atoms with Gasteiger partial charge in [0.15, 0.2) is 0 Å². The Morgan fingerprint density at radius 3 is 2.55 bits per heavy atom. The molecule has 1 fully saturated rings. The third-order valence-corrected chi connectivity index (χ3v) is 5.12. The number of hydrogen-bond donors (Lipinski definition) is 0. The van der Waals surface area contributed by atoms with Gasteiger partial charge in [0.25, 0.3) is 0 Å². The van der Waals surface area contributed by atoms with Gasteiger partial charge in [-0.15, -0.1) is 0 Å². The summed E-state index contributed by atoms with van der Waals surface area (Å²) < 4.78 is 5.48. The van der Waals surface area contributed by atoms with Crippen molar-refractivity contribution in [3.63, 3.8) is 0 Å². The third kappa shape index (κ3) is 2.96. The van der Waals surface area contributed by atoms with Crippen molar-refractivity contribution < 1.29 is 9.53 Å². The largest absolute Gasteiger partial charge is 0.444 e. The minimum atomic E-state index is -0.428. The summed E-state index contributed by atoms with van der Waals surface area (Å²) in [6.07, 6.45) is 4.12. The standard InChI is InChI=1S/C18H24ClNO2/c1-17(2,3)22-16(21)20-10-8-18(9-11-20)7-6-13-12-14(19)4-5-15(13)18/h4-5,12H,6-11H2,1-3H3. The molecule has 22 heavy (non-hydrogen) atoms. The van der Waals surface area contributed by atoms with Gasteiger partial charge in [0.1, 0.15) is 5.60 Å². The second-order valence-corrected chi connectivity index (χ2v) is 7.99. The highest BCUT2D eigenvalue weighted by Gasteiger charge is 2.42. The average molecular weight is 322 g/mol. The van der Waals surface area contributed by atoms with Crippen LogP contribution < -0.4 is 0 Å². The van der Waals surface area contributed by atoms with Crippen molar-refractivity contribution in [3.05, 3.63) is 34.3 Å². The Hall–Kier alpha value is -1.22. The Balaban J connectivity index is 1.69. The van der Waals surface area contributed by atoms with Gasteiger partial charge in [0, 0.05) is 18.1 Å². The zero-order valence-corrected chi connectivity index (χ0v) is 14.4. The van der Waals surface area contributed by atoms with Crippen LogP contribution in [0, 0.1) is 0 Å². The van der Waals surface area contributed by atoms with Crippen molar-refractivity contribution >= 4 is 17.7 Å². The normalized spacial score (nSPS) is 20.1. The Bertz CT molecular complexity index is 583. The molecule has 3 nitrogen and oxygen atoms in total. The minimum absolute atomic E-state index is 0.184. The summed E-state index contributed by atoms with van der Waals surface area (Å²) in [5.74, 6) is 0. The van der Waals surface area contributed by atoms with Crippen LogP contribution in [0.4, 0.5) is 4.79 Å². The molecule has 1 aromatic rings. The molecule has 1 aliphatic heterocycles. The first-order valence-electron chi connectivity index (χ1n) is 8.06. The number of benzene rings is 1. The highest BCUT2D eigenvalue weighted by molar-refractivity contribution is 6.30. The van der Waals surface area contributed by atoms with Gasteiger partial charge in [0.2, 0.25) is 0 Å². The lowest BCUT2D eigenvalue weighted by molar-refractivity contribution is 0.0164. The summed E-state index contributed by atoms with van der Waals surface area (Å²) in [6, 6.07) is 6.29. The summed E-state index contributed by atoms with van der Waals surface area (Å²) in [5, 5.41) is 0.821. The number of carbonyl (C=O) groups is 1. The van der Waals surface area contributed by atoms with E-state index in [9.17, 15) is 4.79 Å². The van der Waals surface area contributed by atoms with Crippen molar-refractivity contribution in [3.8, 4) is 0 Å². The van der Waals surface area contributed by atoms with Crippen molar-refractivity contribution in [1.82, 2.24) is 4.90 Å². The van der Waals surface area contributed by atoms with Crippen molar-refractivity contribution in [1.29, 1.82) is 0 Å². The van der Waals surface area contributed by atoms with Crippen LogP contribution in [-0.2, 0) is 16.6 Å². The molecule has 0 bridgehead atoms. The molecule has 0 N–H and O–H groups in total. The van der Waals surface area contributed by atoms with E-state index >= 15 is 0 Å². The number of piperidine rings is 1. The first-order chi connectivity index (χ1) is 10.3. The van der Waals surface area contributed by atoms with Crippen LogP contribution in [0.25, 0.3) is 0 Å². The number of ether oxygens (including phenoxy) is 1. The van der Waals surface area contributed by atoms with E-state index in [0.29, 0.717) is 0 Å². The van der Waals surface area contributed by atoms with E-state index in [1.165, 1.54) is 17.5 Å². The fourth-order valence-corrected chi connectivity index (χ4v) is 3.95. The monoisotopic (exact) mass is 321 g/mol. The first kappa shape index (κ1) is 15.7. The lowest BCUT2D eigenvalue weighted by Gasteiger charge is -2.40. The maximum Gasteiger partial charge on any atom is 0.410 e. The fourth-order valence-electron chi connectivity index (χ4n) is 3.76. The number of rotatable bonds is 0. The zero-order chi connectivity index (χ0) is 16.0. The van der Waals surface area contributed by atoms with Crippen molar-refractivity contribution in [2.75, 3.05) is 13.1 Å². The van der Waals surface area contributed by atoms with E-state index in [2.05, 4.69) is 12.1 Å². The first-order valence-corrected chi connectivity index (χ1v) is 8.44. The number of hydrogen-bond acceptors (Lipinski definition) is 2. The molecule has 4 heteroatoms. The second-order valence-electron chi connectivity index (χ2n) is 7.55. The molecule has 1 aliphatic carbocycles. The molecule has 0 unspecified atom stereocenters. The lowest BCUT2D eigenvalue weighted by atomic mass is 9.74. The lowest BCUT2D eigenvalue weighted by Crippen LogP contribution is -2.46. The molecule has 0 atom stereocenters. The van der Waals surface area contributed by atoms with Crippen LogP contribution in [-0.4, -0.2) is 29.7 Å². The van der Waals surface area contributed by atoms with Gasteiger partial charge < -0.3 is 9.64 Å². The smallest absolute Gasteiger partial charge is 0.410 e. The van der Waals surface area contributed by atoms with Crippen LogP contribution in [0.1, 0.15) is 51.2 Å². The molecule has 120 valence electrons. The van der Waals surface area contributed by atoms with Crippen molar-refractivity contribution in [2.24, 2.45) is 0 Å². The van der Waals surface area contributed by atoms with Gasteiger partial charge in [-0.2, -0.15) is 0 Å². The average Bonchev–Trinajstić information content (AvgIpc) is 2.76. The topological polar surface area (TPSA) is 29.5 Å². The predicted octanol–water partition coefficient (Wildman–Crippen LogP) is 4.55. The number of aryl methyl sites for hydroxylation is 1. The van der Waals surface area contributed by atoms with E-state index < -0.39 is 5.60 Å². The molecule has 0 aromatic heterocycles. The molecule has 1 amide bonds. The Morgan fingerprint density at radius 2 is 1.91 bits per heavy atom. The van der Waals surface area contributed by atoms with Crippen LogP contribution in [0.2, 0.25) is 5.02 Å². The quantitative estimate of drug-likeness (QED) is 0.701. The molecule has 2 aliphatic rings. The van der Waals surface area contributed by atoms with E-state index in [4.69, 9.17) is 16.3 Å². The van der Waals surface area contributed by atoms with E-state index in [0.717, 1.165) is 37.4 Å². The Morgan fingerprint density at radius 1 is 1.23 bits per heavy atom. The number of amides is 1. The van der Waals surface area contributed by atoms with Crippen LogP contribution in [0.3, 0.4) is 0 Å². The van der Waals surface area contributed by atoms with Gasteiger partial charge in [0.05, 0.1) is 0 Å². The zero-order valence-electron chi connectivity index (χ0n) is 13.6. The maximum absolute atomic E-state index is 12.2. The molecular weight excluding hydrogens is 298 g/mol. The molecule has 1 spiro atoms. The van der Waals surface area contributed by atoms with E-state index in [-0.39, 0.29) is 11.5 Å². The number of fused-ring (bicyclic) bond motifs is 2. The predicted molar refractivity (Wildman–Crippen MR) is 88.5 cm³/mol. The molecular formula is C18H24ClNO2. The molecule has 0 saturated carbocycles. The Labute approximate surface area is 137 Å². The summed E-state index contributed by atoms with van der Waals surface area (Å²) in [6.45, 7) is 7.28. The molecule has 1 saturated heterocycles. The molecule has 1 heterocycles.